The van der Waals surface area contributed by atoms with Crippen molar-refractivity contribution >= 4 is 5.97 Å². The summed E-state index contributed by atoms with van der Waals surface area (Å²) in [5.41, 5.74) is 1.31. The molecule has 0 spiro atoms. The average Bonchev–Trinajstić information content (AvgIpc) is 2.78. The molecule has 1 aliphatic rings. The van der Waals surface area contributed by atoms with Crippen molar-refractivity contribution in [3.63, 3.8) is 0 Å². The van der Waals surface area contributed by atoms with Crippen LogP contribution in [-0.4, -0.2) is 28.5 Å². The van der Waals surface area contributed by atoms with Crippen LogP contribution in [0.25, 0.3) is 0 Å². The number of esters is 1. The molecule has 0 saturated heterocycles. The summed E-state index contributed by atoms with van der Waals surface area (Å²) in [7, 11) is 1.82. The average molecular weight is 280 g/mol. The largest absolute Gasteiger partial charge is 0.462 e. The number of ether oxygens (including phenoxy) is 2. The van der Waals surface area contributed by atoms with Gasteiger partial charge in [-0.1, -0.05) is 19.8 Å². The minimum absolute atomic E-state index is 0.295. The first-order valence-corrected chi connectivity index (χ1v) is 7.41. The number of aromatic nitrogens is 2. The smallest absolute Gasteiger partial charge is 0.341 e. The van der Waals surface area contributed by atoms with E-state index in [0.717, 1.165) is 24.5 Å². The molecule has 1 aliphatic carbocycles. The van der Waals surface area contributed by atoms with Crippen LogP contribution in [0.2, 0.25) is 0 Å². The minimum atomic E-state index is -0.323. The zero-order valence-corrected chi connectivity index (χ0v) is 12.6. The predicted octanol–water partition coefficient (Wildman–Crippen LogP) is 2.69. The third kappa shape index (κ3) is 3.60. The molecular weight excluding hydrogens is 256 g/mol. The Bertz CT molecular complexity index is 456. The fourth-order valence-corrected chi connectivity index (χ4v) is 2.74. The fraction of sp³-hybridized carbons (Fsp3) is 0.733. The molecule has 0 bridgehead atoms. The van der Waals surface area contributed by atoms with Crippen molar-refractivity contribution in [3.8, 4) is 0 Å². The first-order valence-electron chi connectivity index (χ1n) is 7.41. The molecule has 0 radical (unpaired) electrons. The standard InChI is InChI=1S/C15H24N2O3/c1-4-19-15(18)13-9-16-17(3)14(13)10-20-12-7-5-6-11(2)8-12/h9,11-12H,4-8,10H2,1-3H3. The topological polar surface area (TPSA) is 53.3 Å². The van der Waals surface area contributed by atoms with E-state index in [2.05, 4.69) is 12.0 Å². The van der Waals surface area contributed by atoms with Gasteiger partial charge in [0.05, 0.1) is 31.2 Å². The zero-order chi connectivity index (χ0) is 14.5. The molecule has 5 nitrogen and oxygen atoms in total. The Morgan fingerprint density at radius 3 is 3.00 bits per heavy atom. The van der Waals surface area contributed by atoms with Crippen LogP contribution < -0.4 is 0 Å². The highest BCUT2D eigenvalue weighted by atomic mass is 16.5. The summed E-state index contributed by atoms with van der Waals surface area (Å²) in [6.45, 7) is 4.85. The number of carbonyl (C=O) groups excluding carboxylic acids is 1. The number of rotatable bonds is 5. The molecule has 0 aromatic carbocycles. The molecule has 112 valence electrons. The van der Waals surface area contributed by atoms with E-state index >= 15 is 0 Å². The lowest BCUT2D eigenvalue weighted by atomic mass is 9.89. The quantitative estimate of drug-likeness (QED) is 0.778. The molecular formula is C15H24N2O3. The highest BCUT2D eigenvalue weighted by Gasteiger charge is 2.22. The third-order valence-corrected chi connectivity index (χ3v) is 3.90. The van der Waals surface area contributed by atoms with Crippen LogP contribution in [0.5, 0.6) is 0 Å². The Morgan fingerprint density at radius 2 is 2.30 bits per heavy atom. The van der Waals surface area contributed by atoms with Crippen LogP contribution in [0.3, 0.4) is 0 Å². The van der Waals surface area contributed by atoms with Gasteiger partial charge in [0.1, 0.15) is 5.56 Å². The van der Waals surface area contributed by atoms with Gasteiger partial charge < -0.3 is 9.47 Å². The summed E-state index contributed by atoms with van der Waals surface area (Å²) >= 11 is 0. The zero-order valence-electron chi connectivity index (χ0n) is 12.6. The van der Waals surface area contributed by atoms with Gasteiger partial charge in [0, 0.05) is 7.05 Å². The van der Waals surface area contributed by atoms with Gasteiger partial charge in [-0.05, 0) is 25.7 Å². The Morgan fingerprint density at radius 1 is 1.50 bits per heavy atom. The normalized spacial score (nSPS) is 22.8. The van der Waals surface area contributed by atoms with E-state index in [9.17, 15) is 4.79 Å². The first-order chi connectivity index (χ1) is 9.61. The lowest BCUT2D eigenvalue weighted by Gasteiger charge is -2.26. The van der Waals surface area contributed by atoms with Crippen molar-refractivity contribution in [2.24, 2.45) is 13.0 Å². The molecule has 1 fully saturated rings. The van der Waals surface area contributed by atoms with Crippen LogP contribution in [0, 0.1) is 5.92 Å². The van der Waals surface area contributed by atoms with Crippen LogP contribution in [-0.2, 0) is 23.1 Å². The van der Waals surface area contributed by atoms with Crippen LogP contribution >= 0.6 is 0 Å². The van der Waals surface area contributed by atoms with E-state index in [-0.39, 0.29) is 5.97 Å². The molecule has 2 rings (SSSR count). The van der Waals surface area contributed by atoms with Crippen molar-refractivity contribution in [1.82, 2.24) is 9.78 Å². The van der Waals surface area contributed by atoms with E-state index < -0.39 is 0 Å². The van der Waals surface area contributed by atoms with Crippen molar-refractivity contribution in [2.45, 2.75) is 52.2 Å². The summed E-state index contributed by atoms with van der Waals surface area (Å²) in [5, 5.41) is 4.13. The van der Waals surface area contributed by atoms with Crippen LogP contribution in [0.1, 0.15) is 55.6 Å². The van der Waals surface area contributed by atoms with Gasteiger partial charge in [-0.25, -0.2) is 4.79 Å². The summed E-state index contributed by atoms with van der Waals surface area (Å²) in [4.78, 5) is 11.9. The maximum atomic E-state index is 11.9. The maximum Gasteiger partial charge on any atom is 0.341 e. The maximum absolute atomic E-state index is 11.9. The minimum Gasteiger partial charge on any atom is -0.462 e. The Kier molecular flexibility index (Phi) is 5.17. The summed E-state index contributed by atoms with van der Waals surface area (Å²) in [6, 6.07) is 0. The number of hydrogen-bond donors (Lipinski definition) is 0. The van der Waals surface area contributed by atoms with Crippen LogP contribution in [0.15, 0.2) is 6.20 Å². The van der Waals surface area contributed by atoms with Crippen molar-refractivity contribution in [1.29, 1.82) is 0 Å². The van der Waals surface area contributed by atoms with Gasteiger partial charge >= 0.3 is 5.97 Å². The van der Waals surface area contributed by atoms with Gasteiger partial charge in [-0.15, -0.1) is 0 Å². The van der Waals surface area contributed by atoms with E-state index in [0.29, 0.717) is 24.9 Å². The summed E-state index contributed by atoms with van der Waals surface area (Å²) < 4.78 is 12.7. The highest BCUT2D eigenvalue weighted by Crippen LogP contribution is 2.26. The molecule has 20 heavy (non-hydrogen) atoms. The van der Waals surface area contributed by atoms with Gasteiger partial charge in [0.15, 0.2) is 0 Å². The third-order valence-electron chi connectivity index (χ3n) is 3.90. The number of aryl methyl sites for hydroxylation is 1. The number of carbonyl (C=O) groups is 1. The van der Waals surface area contributed by atoms with Crippen molar-refractivity contribution < 1.29 is 14.3 Å². The molecule has 0 amide bonds. The molecule has 1 aromatic heterocycles. The molecule has 1 saturated carbocycles. The molecule has 0 N–H and O–H groups in total. The van der Waals surface area contributed by atoms with Crippen LogP contribution in [0.4, 0.5) is 0 Å². The first kappa shape index (κ1) is 15.0. The highest BCUT2D eigenvalue weighted by molar-refractivity contribution is 5.90. The van der Waals surface area contributed by atoms with Crippen molar-refractivity contribution in [3.05, 3.63) is 17.5 Å². The second-order valence-corrected chi connectivity index (χ2v) is 5.55. The molecule has 1 aromatic rings. The predicted molar refractivity (Wildman–Crippen MR) is 75.4 cm³/mol. The number of hydrogen-bond acceptors (Lipinski definition) is 4. The van der Waals surface area contributed by atoms with Crippen molar-refractivity contribution in [2.75, 3.05) is 6.61 Å². The van der Waals surface area contributed by atoms with E-state index in [1.54, 1.807) is 17.8 Å². The van der Waals surface area contributed by atoms with E-state index in [1.165, 1.54) is 12.8 Å². The summed E-state index contributed by atoms with van der Waals surface area (Å²) in [6.07, 6.45) is 6.58. The monoisotopic (exact) mass is 280 g/mol. The van der Waals surface area contributed by atoms with Gasteiger partial charge in [0.25, 0.3) is 0 Å². The van der Waals surface area contributed by atoms with E-state index in [4.69, 9.17) is 9.47 Å². The Balaban J connectivity index is 1.98. The Labute approximate surface area is 120 Å². The molecule has 0 aliphatic heterocycles. The second-order valence-electron chi connectivity index (χ2n) is 5.55. The molecule has 5 heteroatoms. The summed E-state index contributed by atoms with van der Waals surface area (Å²) in [5.74, 6) is 0.404. The van der Waals surface area contributed by atoms with E-state index in [1.807, 2.05) is 7.05 Å². The second kappa shape index (κ2) is 6.88. The molecule has 2 unspecified atom stereocenters. The van der Waals surface area contributed by atoms with Gasteiger partial charge in [-0.3, -0.25) is 4.68 Å². The molecule has 1 heterocycles. The Hall–Kier alpha value is -1.36. The number of nitrogens with zero attached hydrogens (tertiary/aromatic N) is 2. The SMILES string of the molecule is CCOC(=O)c1cnn(C)c1COC1CCCC(C)C1. The lowest BCUT2D eigenvalue weighted by molar-refractivity contribution is 0.00123. The van der Waals surface area contributed by atoms with Gasteiger partial charge in [0.2, 0.25) is 0 Å². The molecule has 2 atom stereocenters. The lowest BCUT2D eigenvalue weighted by Crippen LogP contribution is -2.22. The fourth-order valence-electron chi connectivity index (χ4n) is 2.74. The van der Waals surface area contributed by atoms with Gasteiger partial charge in [-0.2, -0.15) is 5.10 Å².